The molecule has 3 N–H and O–H groups in total. The number of carbonyl (C=O) groups is 4. The second-order valence-corrected chi connectivity index (χ2v) is 7.49. The van der Waals surface area contributed by atoms with Crippen LogP contribution in [0.1, 0.15) is 52.6 Å². The number of amides is 3. The number of nitrogens with one attached hydrogen (secondary N) is 1. The predicted molar refractivity (Wildman–Crippen MR) is 117 cm³/mol. The molecule has 0 saturated carbocycles. The molecule has 0 fully saturated rings. The van der Waals surface area contributed by atoms with Crippen LogP contribution in [-0.4, -0.2) is 33.9 Å². The van der Waals surface area contributed by atoms with Gasteiger partial charge in [0.15, 0.2) is 0 Å². The van der Waals surface area contributed by atoms with Gasteiger partial charge in [-0.2, -0.15) is 0 Å². The van der Waals surface area contributed by atoms with Crippen LogP contribution in [0.3, 0.4) is 0 Å². The molecule has 3 aromatic carbocycles. The number of aryl methyl sites for hydroxylation is 2. The highest BCUT2D eigenvalue weighted by Gasteiger charge is 2.37. The number of fused-ring (bicyclic) bond motifs is 1. The van der Waals surface area contributed by atoms with Gasteiger partial charge in [0.05, 0.1) is 28.1 Å². The molecule has 3 aromatic rings. The topological polar surface area (TPSA) is 124 Å². The smallest absolute Gasteiger partial charge is 0.337 e. The Morgan fingerprint density at radius 3 is 2.28 bits per heavy atom. The number of rotatable bonds is 4. The zero-order valence-electron chi connectivity index (χ0n) is 17.2. The second-order valence-electron chi connectivity index (χ2n) is 7.49. The molecule has 1 aliphatic heterocycles. The van der Waals surface area contributed by atoms with Crippen LogP contribution in [0, 0.1) is 13.8 Å². The van der Waals surface area contributed by atoms with E-state index in [0.717, 1.165) is 22.1 Å². The number of carboxylic acid groups (broad SMARTS) is 1. The lowest BCUT2D eigenvalue weighted by atomic mass is 10.0. The zero-order chi connectivity index (χ0) is 23.2. The van der Waals surface area contributed by atoms with Gasteiger partial charge in [0, 0.05) is 5.56 Å². The van der Waals surface area contributed by atoms with Crippen molar-refractivity contribution < 1.29 is 29.4 Å². The molecule has 0 saturated heterocycles. The van der Waals surface area contributed by atoms with Crippen LogP contribution in [0.25, 0.3) is 0 Å². The number of carboxylic acids is 1. The van der Waals surface area contributed by atoms with Crippen LogP contribution in [0.2, 0.25) is 0 Å². The van der Waals surface area contributed by atoms with E-state index in [1.54, 1.807) is 6.07 Å². The summed E-state index contributed by atoms with van der Waals surface area (Å²) in [6, 6.07) is 13.0. The molecule has 0 atom stereocenters. The summed E-state index contributed by atoms with van der Waals surface area (Å²) in [5.41, 5.74) is 2.30. The SMILES string of the molecule is Cc1ccc(N2C(=O)c3ccc(C(=O)Nc4ccc(O)cc4C(=O)O)cc3C2=O)c(C)c1. The van der Waals surface area contributed by atoms with Crippen molar-refractivity contribution in [2.75, 3.05) is 10.2 Å². The lowest BCUT2D eigenvalue weighted by molar-refractivity contribution is 0.0697. The van der Waals surface area contributed by atoms with Gasteiger partial charge in [-0.15, -0.1) is 0 Å². The summed E-state index contributed by atoms with van der Waals surface area (Å²) < 4.78 is 0. The molecule has 0 aliphatic carbocycles. The van der Waals surface area contributed by atoms with Gasteiger partial charge >= 0.3 is 5.97 Å². The van der Waals surface area contributed by atoms with Gasteiger partial charge in [-0.05, 0) is 61.9 Å². The van der Waals surface area contributed by atoms with Crippen molar-refractivity contribution in [1.82, 2.24) is 0 Å². The van der Waals surface area contributed by atoms with E-state index in [1.807, 2.05) is 26.0 Å². The molecule has 8 nitrogen and oxygen atoms in total. The highest BCUT2D eigenvalue weighted by atomic mass is 16.4. The molecular formula is C24H18N2O6. The lowest BCUT2D eigenvalue weighted by Crippen LogP contribution is -2.30. The zero-order valence-corrected chi connectivity index (χ0v) is 17.2. The van der Waals surface area contributed by atoms with Crippen molar-refractivity contribution in [3.05, 3.63) is 88.0 Å². The number of aromatic hydroxyl groups is 1. The number of hydrogen-bond acceptors (Lipinski definition) is 5. The predicted octanol–water partition coefficient (Wildman–Crippen LogP) is 3.76. The maximum atomic E-state index is 13.0. The fourth-order valence-corrected chi connectivity index (χ4v) is 3.67. The molecule has 4 rings (SSSR count). The normalized spacial score (nSPS) is 12.6. The summed E-state index contributed by atoms with van der Waals surface area (Å²) in [6.07, 6.45) is 0. The van der Waals surface area contributed by atoms with Crippen LogP contribution in [0.15, 0.2) is 54.6 Å². The maximum Gasteiger partial charge on any atom is 0.337 e. The molecular weight excluding hydrogens is 412 g/mol. The van der Waals surface area contributed by atoms with Crippen molar-refractivity contribution in [3.63, 3.8) is 0 Å². The van der Waals surface area contributed by atoms with Crippen molar-refractivity contribution in [3.8, 4) is 5.75 Å². The Labute approximate surface area is 182 Å². The van der Waals surface area contributed by atoms with Crippen molar-refractivity contribution in [1.29, 1.82) is 0 Å². The van der Waals surface area contributed by atoms with Gasteiger partial charge in [-0.25, -0.2) is 9.69 Å². The molecule has 1 aliphatic rings. The van der Waals surface area contributed by atoms with Gasteiger partial charge in [0.2, 0.25) is 0 Å². The van der Waals surface area contributed by atoms with Crippen molar-refractivity contribution >= 4 is 35.1 Å². The molecule has 32 heavy (non-hydrogen) atoms. The minimum Gasteiger partial charge on any atom is -0.508 e. The Bertz CT molecular complexity index is 1330. The first kappa shape index (κ1) is 20.8. The van der Waals surface area contributed by atoms with E-state index >= 15 is 0 Å². The van der Waals surface area contributed by atoms with Crippen LogP contribution in [-0.2, 0) is 0 Å². The van der Waals surface area contributed by atoms with E-state index in [9.17, 15) is 29.4 Å². The summed E-state index contributed by atoms with van der Waals surface area (Å²) in [5, 5.41) is 21.3. The summed E-state index contributed by atoms with van der Waals surface area (Å²) in [5.74, 6) is -3.26. The minimum atomic E-state index is -1.32. The van der Waals surface area contributed by atoms with E-state index in [2.05, 4.69) is 5.32 Å². The van der Waals surface area contributed by atoms with Crippen LogP contribution < -0.4 is 10.2 Å². The number of aromatic carboxylic acids is 1. The van der Waals surface area contributed by atoms with Gasteiger partial charge < -0.3 is 15.5 Å². The molecule has 0 aromatic heterocycles. The van der Waals surface area contributed by atoms with Crippen LogP contribution >= 0.6 is 0 Å². The number of phenols is 1. The summed E-state index contributed by atoms with van der Waals surface area (Å²) in [7, 11) is 0. The van der Waals surface area contributed by atoms with E-state index in [-0.39, 0.29) is 33.7 Å². The molecule has 0 spiro atoms. The fourth-order valence-electron chi connectivity index (χ4n) is 3.67. The maximum absolute atomic E-state index is 13.0. The van der Waals surface area contributed by atoms with Gasteiger partial charge in [0.25, 0.3) is 17.7 Å². The number of imide groups is 1. The Morgan fingerprint density at radius 2 is 1.59 bits per heavy atom. The van der Waals surface area contributed by atoms with Crippen molar-refractivity contribution in [2.45, 2.75) is 13.8 Å². The van der Waals surface area contributed by atoms with E-state index < -0.39 is 23.7 Å². The molecule has 160 valence electrons. The Hall–Kier alpha value is -4.46. The molecule has 3 amide bonds. The van der Waals surface area contributed by atoms with Crippen LogP contribution in [0.5, 0.6) is 5.75 Å². The molecule has 8 heteroatoms. The summed E-state index contributed by atoms with van der Waals surface area (Å²) >= 11 is 0. The fraction of sp³-hybridized carbons (Fsp3) is 0.0833. The molecule has 0 radical (unpaired) electrons. The quantitative estimate of drug-likeness (QED) is 0.428. The number of benzene rings is 3. The third-order valence-electron chi connectivity index (χ3n) is 5.22. The molecule has 0 bridgehead atoms. The highest BCUT2D eigenvalue weighted by molar-refractivity contribution is 6.35. The first-order valence-electron chi connectivity index (χ1n) is 9.65. The third kappa shape index (κ3) is 3.47. The number of nitrogens with zero attached hydrogens (tertiary/aromatic N) is 1. The number of hydrogen-bond donors (Lipinski definition) is 3. The average Bonchev–Trinajstić information content (AvgIpc) is 2.99. The monoisotopic (exact) mass is 430 g/mol. The largest absolute Gasteiger partial charge is 0.508 e. The van der Waals surface area contributed by atoms with Gasteiger partial charge in [-0.3, -0.25) is 14.4 Å². The molecule has 1 heterocycles. The second kappa shape index (κ2) is 7.66. The van der Waals surface area contributed by atoms with Gasteiger partial charge in [0.1, 0.15) is 5.75 Å². The summed E-state index contributed by atoms with van der Waals surface area (Å²) in [4.78, 5) is 51.1. The van der Waals surface area contributed by atoms with E-state index in [4.69, 9.17) is 0 Å². The Morgan fingerprint density at radius 1 is 0.875 bits per heavy atom. The number of carbonyl (C=O) groups excluding carboxylic acids is 3. The number of anilines is 2. The standard InChI is InChI=1S/C24H18N2O6/c1-12-3-8-20(13(2)9-12)26-22(29)16-6-4-14(10-17(16)23(26)30)21(28)25-19-7-5-15(27)11-18(19)24(31)32/h3-11,27H,1-2H3,(H,25,28)(H,31,32). The van der Waals surface area contributed by atoms with Crippen molar-refractivity contribution in [2.24, 2.45) is 0 Å². The minimum absolute atomic E-state index is 0.0138. The van der Waals surface area contributed by atoms with Gasteiger partial charge in [-0.1, -0.05) is 17.7 Å². The lowest BCUT2D eigenvalue weighted by Gasteiger charge is -2.16. The third-order valence-corrected chi connectivity index (χ3v) is 5.22. The van der Waals surface area contributed by atoms with Crippen LogP contribution in [0.4, 0.5) is 11.4 Å². The van der Waals surface area contributed by atoms with E-state index in [0.29, 0.717) is 5.69 Å². The number of phenolic OH excluding ortho intramolecular Hbond substituents is 1. The Balaban J connectivity index is 1.66. The first-order chi connectivity index (χ1) is 15.2. The first-order valence-corrected chi connectivity index (χ1v) is 9.65. The highest BCUT2D eigenvalue weighted by Crippen LogP contribution is 2.32. The van der Waals surface area contributed by atoms with E-state index in [1.165, 1.54) is 30.3 Å². The summed E-state index contributed by atoms with van der Waals surface area (Å²) in [6.45, 7) is 3.72. The average molecular weight is 430 g/mol. The molecule has 0 unspecified atom stereocenters. The Kier molecular flexibility index (Phi) is 4.98.